The van der Waals surface area contributed by atoms with Crippen LogP contribution < -0.4 is 10.5 Å². The maximum atomic E-state index is 13.4. The highest BCUT2D eigenvalue weighted by Gasteiger charge is 2.33. The summed E-state index contributed by atoms with van der Waals surface area (Å²) in [5.74, 6) is 0.102. The molecule has 0 radical (unpaired) electrons. The largest absolute Gasteiger partial charge is 0.378 e. The molecule has 1 aromatic heterocycles. The van der Waals surface area contributed by atoms with Crippen LogP contribution in [0.3, 0.4) is 0 Å². The molecule has 2 aromatic rings. The van der Waals surface area contributed by atoms with E-state index in [1.54, 1.807) is 29.7 Å². The highest BCUT2D eigenvalue weighted by Crippen LogP contribution is 2.36. The van der Waals surface area contributed by atoms with Gasteiger partial charge >= 0.3 is 0 Å². The van der Waals surface area contributed by atoms with Gasteiger partial charge in [-0.25, -0.2) is 4.39 Å². The van der Waals surface area contributed by atoms with Crippen molar-refractivity contribution >= 4 is 46.1 Å². The van der Waals surface area contributed by atoms with Gasteiger partial charge in [-0.1, -0.05) is 49.5 Å². The Balaban J connectivity index is 1.80. The molecule has 7 nitrogen and oxygen atoms in total. The Labute approximate surface area is 219 Å². The van der Waals surface area contributed by atoms with Gasteiger partial charge in [-0.15, -0.1) is 0 Å². The fourth-order valence-electron chi connectivity index (χ4n) is 4.32. The van der Waals surface area contributed by atoms with E-state index >= 15 is 0 Å². The number of nitriles is 1. The minimum Gasteiger partial charge on any atom is -0.378 e. The molecule has 1 amide bonds. The third kappa shape index (κ3) is 5.24. The highest BCUT2D eigenvalue weighted by molar-refractivity contribution is 8.26. The summed E-state index contributed by atoms with van der Waals surface area (Å²) >= 11 is 6.68. The topological polar surface area (TPSA) is 78.6 Å². The average Bonchev–Trinajstić information content (AvgIpc) is 3.14. The number of morpholine rings is 1. The van der Waals surface area contributed by atoms with Crippen molar-refractivity contribution in [3.05, 3.63) is 67.6 Å². The van der Waals surface area contributed by atoms with Gasteiger partial charge in [-0.05, 0) is 42.7 Å². The minimum atomic E-state index is -0.346. The van der Waals surface area contributed by atoms with Gasteiger partial charge < -0.3 is 9.64 Å². The molecular formula is C26H27FN4O3S2. The third-order valence-corrected chi connectivity index (χ3v) is 7.67. The van der Waals surface area contributed by atoms with E-state index in [1.807, 2.05) is 6.92 Å². The van der Waals surface area contributed by atoms with Crippen LogP contribution in [0.1, 0.15) is 42.0 Å². The molecule has 1 aromatic carbocycles. The number of thioether (sulfide) groups is 1. The summed E-state index contributed by atoms with van der Waals surface area (Å²) in [6.07, 6.45) is 3.43. The van der Waals surface area contributed by atoms with Gasteiger partial charge in [-0.2, -0.15) is 5.26 Å². The monoisotopic (exact) mass is 526 g/mol. The summed E-state index contributed by atoms with van der Waals surface area (Å²) in [4.78, 5) is 30.7. The zero-order chi connectivity index (χ0) is 25.8. The Bertz CT molecular complexity index is 1310. The molecule has 0 N–H and O–H groups in total. The summed E-state index contributed by atoms with van der Waals surface area (Å²) in [6.45, 7) is 6.76. The van der Waals surface area contributed by atoms with Crippen LogP contribution in [0.4, 0.5) is 10.2 Å². The lowest BCUT2D eigenvalue weighted by molar-refractivity contribution is -0.122. The molecule has 10 heteroatoms. The predicted octanol–water partition coefficient (Wildman–Crippen LogP) is 4.21. The Morgan fingerprint density at radius 3 is 2.56 bits per heavy atom. The molecule has 36 heavy (non-hydrogen) atoms. The van der Waals surface area contributed by atoms with Gasteiger partial charge in [-0.3, -0.25) is 19.1 Å². The van der Waals surface area contributed by atoms with Crippen LogP contribution in [0.15, 0.2) is 34.0 Å². The Morgan fingerprint density at radius 1 is 1.22 bits per heavy atom. The van der Waals surface area contributed by atoms with Crippen molar-refractivity contribution < 1.29 is 13.9 Å². The summed E-state index contributed by atoms with van der Waals surface area (Å²) in [5, 5.41) is 9.81. The second kappa shape index (κ2) is 11.4. The van der Waals surface area contributed by atoms with Crippen LogP contribution in [0, 0.1) is 24.1 Å². The molecule has 0 unspecified atom stereocenters. The number of benzene rings is 1. The van der Waals surface area contributed by atoms with Gasteiger partial charge in [0.1, 0.15) is 27.6 Å². The van der Waals surface area contributed by atoms with Gasteiger partial charge in [0, 0.05) is 25.2 Å². The molecule has 2 saturated heterocycles. The Hall–Kier alpha value is -3.00. The van der Waals surface area contributed by atoms with Gasteiger partial charge in [0.15, 0.2) is 0 Å². The maximum Gasteiger partial charge on any atom is 0.270 e. The number of pyridine rings is 1. The zero-order valence-corrected chi connectivity index (χ0v) is 21.9. The molecule has 0 spiro atoms. The van der Waals surface area contributed by atoms with E-state index in [-0.39, 0.29) is 29.4 Å². The number of carbonyl (C=O) groups is 1. The van der Waals surface area contributed by atoms with Crippen LogP contribution in [0.25, 0.3) is 6.08 Å². The lowest BCUT2D eigenvalue weighted by Crippen LogP contribution is -2.41. The van der Waals surface area contributed by atoms with E-state index in [9.17, 15) is 19.2 Å². The Kier molecular flexibility index (Phi) is 8.24. The van der Waals surface area contributed by atoms with Crippen LogP contribution >= 0.6 is 24.0 Å². The number of hydrogen-bond acceptors (Lipinski definition) is 7. The summed E-state index contributed by atoms with van der Waals surface area (Å²) in [7, 11) is 0. The lowest BCUT2D eigenvalue weighted by Gasteiger charge is -2.33. The summed E-state index contributed by atoms with van der Waals surface area (Å²) in [6, 6.07) is 8.03. The highest BCUT2D eigenvalue weighted by atomic mass is 32.2. The first-order valence-corrected chi connectivity index (χ1v) is 13.1. The van der Waals surface area contributed by atoms with Crippen LogP contribution in [0.2, 0.25) is 0 Å². The fourth-order valence-corrected chi connectivity index (χ4v) is 5.56. The molecule has 0 aliphatic carbocycles. The van der Waals surface area contributed by atoms with E-state index in [0.717, 1.165) is 18.4 Å². The number of halogens is 1. The lowest BCUT2D eigenvalue weighted by atomic mass is 10.0. The van der Waals surface area contributed by atoms with E-state index in [4.69, 9.17) is 17.0 Å². The van der Waals surface area contributed by atoms with Crippen LogP contribution in [0.5, 0.6) is 0 Å². The molecule has 0 bridgehead atoms. The maximum absolute atomic E-state index is 13.4. The number of amides is 1. The molecule has 2 fully saturated rings. The average molecular weight is 527 g/mol. The first-order chi connectivity index (χ1) is 17.3. The second-order valence-corrected chi connectivity index (χ2v) is 10.3. The first kappa shape index (κ1) is 26.1. The number of unbranched alkanes of at least 4 members (excludes halogenated alkanes) is 1. The predicted molar refractivity (Wildman–Crippen MR) is 143 cm³/mol. The van der Waals surface area contributed by atoms with E-state index in [0.29, 0.717) is 59.0 Å². The molecule has 4 rings (SSSR count). The van der Waals surface area contributed by atoms with E-state index in [2.05, 4.69) is 11.0 Å². The molecule has 0 atom stereocenters. The summed E-state index contributed by atoms with van der Waals surface area (Å²) < 4.78 is 20.9. The van der Waals surface area contributed by atoms with Crippen molar-refractivity contribution in [3.63, 3.8) is 0 Å². The smallest absolute Gasteiger partial charge is 0.270 e. The molecule has 2 aliphatic rings. The number of nitrogens with zero attached hydrogens (tertiary/aromatic N) is 4. The van der Waals surface area contributed by atoms with Gasteiger partial charge in [0.25, 0.3) is 11.5 Å². The number of rotatable bonds is 7. The number of thiocarbonyl (C=S) groups is 1. The van der Waals surface area contributed by atoms with Crippen molar-refractivity contribution in [2.24, 2.45) is 0 Å². The SMILES string of the molecule is CCCCn1c(N2CCOCC2)c(/C=C2\SC(=S)N(Cc3ccc(F)cc3)C2=O)c(C)c(C#N)c1=O. The molecule has 0 saturated carbocycles. The standard InChI is InChI=1S/C26H27FN4O3S2/c1-3-4-9-30-23(29-10-12-34-13-11-29)20(17(2)21(15-28)24(30)32)14-22-25(33)31(26(35)36-22)16-18-5-7-19(27)8-6-18/h5-8,14H,3-4,9-13,16H2,1-2H3/b22-14-. The van der Waals surface area contributed by atoms with Crippen molar-refractivity contribution in [2.45, 2.75) is 39.8 Å². The zero-order valence-electron chi connectivity index (χ0n) is 20.3. The number of carbonyl (C=O) groups excluding carboxylic acids is 1. The first-order valence-electron chi connectivity index (χ1n) is 11.9. The molecule has 188 valence electrons. The number of anilines is 1. The van der Waals surface area contributed by atoms with Crippen molar-refractivity contribution in [3.8, 4) is 6.07 Å². The van der Waals surface area contributed by atoms with Crippen LogP contribution in [-0.2, 0) is 22.6 Å². The normalized spacial score (nSPS) is 17.2. The number of hydrogen-bond donors (Lipinski definition) is 0. The van der Waals surface area contributed by atoms with Crippen molar-refractivity contribution in [2.75, 3.05) is 31.2 Å². The molecular weight excluding hydrogens is 499 g/mol. The quantitative estimate of drug-likeness (QED) is 0.395. The number of ether oxygens (including phenoxy) is 1. The van der Waals surface area contributed by atoms with Crippen molar-refractivity contribution in [1.29, 1.82) is 5.26 Å². The molecule has 3 heterocycles. The van der Waals surface area contributed by atoms with Gasteiger partial charge in [0.2, 0.25) is 0 Å². The second-order valence-electron chi connectivity index (χ2n) is 8.65. The summed E-state index contributed by atoms with van der Waals surface area (Å²) in [5.41, 5.74) is 1.74. The van der Waals surface area contributed by atoms with E-state index in [1.165, 1.54) is 28.8 Å². The van der Waals surface area contributed by atoms with Gasteiger partial charge in [0.05, 0.1) is 24.7 Å². The van der Waals surface area contributed by atoms with Crippen LogP contribution in [-0.4, -0.2) is 46.0 Å². The Morgan fingerprint density at radius 2 is 1.92 bits per heavy atom. The fraction of sp³-hybridized carbons (Fsp3) is 0.385. The molecule has 2 aliphatic heterocycles. The third-order valence-electron chi connectivity index (χ3n) is 6.30. The minimum absolute atomic E-state index is 0.0798. The number of aromatic nitrogens is 1. The van der Waals surface area contributed by atoms with Crippen molar-refractivity contribution in [1.82, 2.24) is 9.47 Å². The van der Waals surface area contributed by atoms with E-state index < -0.39 is 0 Å².